The van der Waals surface area contributed by atoms with Gasteiger partial charge in [0.05, 0.1) is 34.1 Å². The Morgan fingerprint density at radius 1 is 0.458 bits per heavy atom. The van der Waals surface area contributed by atoms with Crippen molar-refractivity contribution in [3.05, 3.63) is 218 Å². The number of nitrogens with zero attached hydrogens (tertiary/aromatic N) is 4. The second-order valence-electron chi connectivity index (χ2n) is 14.8. The molecule has 0 saturated heterocycles. The molecule has 10 aromatic rings. The van der Waals surface area contributed by atoms with Crippen LogP contribution in [0, 0.1) is 0 Å². The molecule has 11 rings (SSSR count). The Morgan fingerprint density at radius 3 is 1.66 bits per heavy atom. The first-order valence-electron chi connectivity index (χ1n) is 20.0. The van der Waals surface area contributed by atoms with Gasteiger partial charge >= 0.3 is 0 Å². The van der Waals surface area contributed by atoms with Crippen LogP contribution in [-0.4, -0.2) is 11.7 Å². The van der Waals surface area contributed by atoms with E-state index in [0.717, 1.165) is 51.0 Å². The molecule has 0 amide bonds. The maximum absolute atomic E-state index is 5.30. The van der Waals surface area contributed by atoms with Gasteiger partial charge in [0, 0.05) is 59.5 Å². The molecule has 280 valence electrons. The average molecular weight is 775 g/mol. The van der Waals surface area contributed by atoms with E-state index in [4.69, 9.17) is 4.98 Å². The van der Waals surface area contributed by atoms with Crippen molar-refractivity contribution in [2.45, 2.75) is 0 Å². The van der Waals surface area contributed by atoms with E-state index in [1.165, 1.54) is 42.7 Å². The number of hydrogen-bond acceptors (Lipinski definition) is 5. The van der Waals surface area contributed by atoms with E-state index in [0.29, 0.717) is 6.67 Å². The topological polar surface area (TPSA) is 22.6 Å². The van der Waals surface area contributed by atoms with Gasteiger partial charge in [0.1, 0.15) is 6.67 Å². The van der Waals surface area contributed by atoms with Crippen molar-refractivity contribution in [3.63, 3.8) is 0 Å². The predicted molar refractivity (Wildman–Crippen MR) is 250 cm³/mol. The molecular weight excluding hydrogens is 737 g/mol. The molecule has 2 aromatic heterocycles. The van der Waals surface area contributed by atoms with E-state index >= 15 is 0 Å². The number of hydrogen-bond donors (Lipinski definition) is 0. The second kappa shape index (κ2) is 14.8. The number of anilines is 7. The molecule has 0 unspecified atom stereocenters. The van der Waals surface area contributed by atoms with Crippen LogP contribution in [0.15, 0.2) is 218 Å². The van der Waals surface area contributed by atoms with Gasteiger partial charge in [0.2, 0.25) is 0 Å². The van der Waals surface area contributed by atoms with Gasteiger partial charge in [0.25, 0.3) is 0 Å². The zero-order chi connectivity index (χ0) is 39.1. The Bertz CT molecular complexity index is 3020. The van der Waals surface area contributed by atoms with Gasteiger partial charge in [-0.15, -0.1) is 11.3 Å². The molecule has 0 fully saturated rings. The molecule has 1 aliphatic heterocycles. The van der Waals surface area contributed by atoms with E-state index in [2.05, 4.69) is 233 Å². The monoisotopic (exact) mass is 774 g/mol. The minimum Gasteiger partial charge on any atom is -0.321 e. The van der Waals surface area contributed by atoms with Gasteiger partial charge in [-0.05, 0) is 72.8 Å². The van der Waals surface area contributed by atoms with Crippen LogP contribution in [0.25, 0.3) is 53.8 Å². The van der Waals surface area contributed by atoms with Crippen molar-refractivity contribution < 1.29 is 0 Å². The Kier molecular flexibility index (Phi) is 8.72. The molecule has 1 aliphatic rings. The Labute approximate surface area is 348 Å². The van der Waals surface area contributed by atoms with E-state index < -0.39 is 0 Å². The molecule has 0 radical (unpaired) electrons. The molecule has 5 heteroatoms. The standard InChI is InChI=1S/C54H38N4S/c1-6-19-38(20-7-1)46-35-43(36-47(55-46)39-21-8-2-9-22-39)58(42-27-14-5-15-28-42)48-33-34-51-53(44-29-16-17-32-50(44)59-51)52(48)45-30-18-31-49-54(45)57(41-25-12-4-13-26-41)37-56(49)40-23-10-3-11-24-40/h1-36H,37H2. The fourth-order valence-electron chi connectivity index (χ4n) is 8.60. The molecule has 0 bridgehead atoms. The number of aromatic nitrogens is 1. The number of rotatable bonds is 8. The third-order valence-electron chi connectivity index (χ3n) is 11.2. The molecule has 4 nitrogen and oxygen atoms in total. The van der Waals surface area contributed by atoms with Crippen LogP contribution >= 0.6 is 11.3 Å². The third kappa shape index (κ3) is 6.20. The maximum Gasteiger partial charge on any atom is 0.100 e. The van der Waals surface area contributed by atoms with Crippen LogP contribution in [0.3, 0.4) is 0 Å². The first kappa shape index (κ1) is 34.8. The van der Waals surface area contributed by atoms with Crippen molar-refractivity contribution in [3.8, 4) is 33.6 Å². The zero-order valence-corrected chi connectivity index (χ0v) is 33.0. The van der Waals surface area contributed by atoms with Crippen LogP contribution in [0.5, 0.6) is 0 Å². The minimum atomic E-state index is 0.684. The predicted octanol–water partition coefficient (Wildman–Crippen LogP) is 15.2. The molecule has 0 atom stereocenters. The van der Waals surface area contributed by atoms with E-state index in [1.54, 1.807) is 0 Å². The van der Waals surface area contributed by atoms with Crippen LogP contribution < -0.4 is 14.7 Å². The highest BCUT2D eigenvalue weighted by molar-refractivity contribution is 7.26. The summed E-state index contributed by atoms with van der Waals surface area (Å²) in [5.41, 5.74) is 14.2. The summed E-state index contributed by atoms with van der Waals surface area (Å²) in [6.45, 7) is 0.684. The van der Waals surface area contributed by atoms with Crippen molar-refractivity contribution in [1.82, 2.24) is 4.98 Å². The molecule has 3 heterocycles. The summed E-state index contributed by atoms with van der Waals surface area (Å²) in [6, 6.07) is 78.2. The quantitative estimate of drug-likeness (QED) is 0.153. The van der Waals surface area contributed by atoms with Crippen LogP contribution in [0.1, 0.15) is 0 Å². The van der Waals surface area contributed by atoms with Crippen LogP contribution in [0.2, 0.25) is 0 Å². The number of para-hydroxylation sites is 4. The third-order valence-corrected chi connectivity index (χ3v) is 12.4. The summed E-state index contributed by atoms with van der Waals surface area (Å²) in [5.74, 6) is 0. The highest BCUT2D eigenvalue weighted by Gasteiger charge is 2.33. The van der Waals surface area contributed by atoms with Gasteiger partial charge in [-0.2, -0.15) is 0 Å². The van der Waals surface area contributed by atoms with Gasteiger partial charge in [0.15, 0.2) is 0 Å². The lowest BCUT2D eigenvalue weighted by molar-refractivity contribution is 0.991. The largest absolute Gasteiger partial charge is 0.321 e. The summed E-state index contributed by atoms with van der Waals surface area (Å²) in [6.07, 6.45) is 0. The summed E-state index contributed by atoms with van der Waals surface area (Å²) in [7, 11) is 0. The highest BCUT2D eigenvalue weighted by atomic mass is 32.1. The van der Waals surface area contributed by atoms with Crippen molar-refractivity contribution in [2.24, 2.45) is 0 Å². The van der Waals surface area contributed by atoms with Gasteiger partial charge < -0.3 is 14.7 Å². The fraction of sp³-hybridized carbons (Fsp3) is 0.0185. The highest BCUT2D eigenvalue weighted by Crippen LogP contribution is 2.55. The van der Waals surface area contributed by atoms with E-state index in [9.17, 15) is 0 Å². The minimum absolute atomic E-state index is 0.684. The lowest BCUT2D eigenvalue weighted by Gasteiger charge is -2.30. The summed E-state index contributed by atoms with van der Waals surface area (Å²) in [5, 5.41) is 2.51. The molecule has 0 N–H and O–H groups in total. The first-order chi connectivity index (χ1) is 29.3. The maximum atomic E-state index is 5.30. The van der Waals surface area contributed by atoms with E-state index in [1.807, 2.05) is 11.3 Å². The number of thiophene rings is 1. The number of pyridine rings is 1. The van der Waals surface area contributed by atoms with E-state index in [-0.39, 0.29) is 0 Å². The second-order valence-corrected chi connectivity index (χ2v) is 15.9. The number of fused-ring (bicyclic) bond motifs is 4. The van der Waals surface area contributed by atoms with Crippen LogP contribution in [-0.2, 0) is 0 Å². The fourth-order valence-corrected chi connectivity index (χ4v) is 9.71. The Hall–Kier alpha value is -7.47. The van der Waals surface area contributed by atoms with Gasteiger partial charge in [-0.25, -0.2) is 4.98 Å². The lowest BCUT2D eigenvalue weighted by Crippen LogP contribution is -2.24. The summed E-state index contributed by atoms with van der Waals surface area (Å²) in [4.78, 5) is 12.7. The molecule has 0 spiro atoms. The first-order valence-corrected chi connectivity index (χ1v) is 20.8. The number of benzene rings is 8. The SMILES string of the molecule is c1ccc(-c2cc(N(c3ccccc3)c3ccc4sc5ccccc5c4c3-c3cccc4c3N(c3ccccc3)CN4c3ccccc3)cc(-c3ccccc3)n2)cc1. The molecule has 0 aliphatic carbocycles. The Balaban J connectivity index is 1.24. The zero-order valence-electron chi connectivity index (χ0n) is 32.2. The normalized spacial score (nSPS) is 12.3. The summed E-state index contributed by atoms with van der Waals surface area (Å²) >= 11 is 1.86. The van der Waals surface area contributed by atoms with Crippen molar-refractivity contribution in [1.29, 1.82) is 0 Å². The molecular formula is C54H38N4S. The smallest absolute Gasteiger partial charge is 0.100 e. The lowest BCUT2D eigenvalue weighted by atomic mass is 9.93. The Morgan fingerprint density at radius 2 is 1.02 bits per heavy atom. The van der Waals surface area contributed by atoms with Crippen LogP contribution in [0.4, 0.5) is 39.8 Å². The van der Waals surface area contributed by atoms with Gasteiger partial charge in [-0.1, -0.05) is 146 Å². The summed E-state index contributed by atoms with van der Waals surface area (Å²) < 4.78 is 2.52. The molecule has 0 saturated carbocycles. The van der Waals surface area contributed by atoms with Crippen molar-refractivity contribution in [2.75, 3.05) is 21.4 Å². The average Bonchev–Trinajstić information content (AvgIpc) is 3.90. The van der Waals surface area contributed by atoms with Gasteiger partial charge in [-0.3, -0.25) is 0 Å². The molecule has 8 aromatic carbocycles. The molecule has 59 heavy (non-hydrogen) atoms. The van der Waals surface area contributed by atoms with Crippen molar-refractivity contribution >= 4 is 71.3 Å².